The molecule has 0 radical (unpaired) electrons. The lowest BCUT2D eigenvalue weighted by Crippen LogP contribution is -2.05. The second-order valence-corrected chi connectivity index (χ2v) is 5.31. The Morgan fingerprint density at radius 2 is 2.16 bits per heavy atom. The molecule has 0 atom stereocenters. The average Bonchev–Trinajstić information content (AvgIpc) is 2.64. The molecule has 0 amide bonds. The summed E-state index contributed by atoms with van der Waals surface area (Å²) >= 11 is 3.57. The number of aromatic nitrogens is 2. The molecule has 2 N–H and O–H groups in total. The Balaban J connectivity index is 2.16. The highest BCUT2D eigenvalue weighted by Crippen LogP contribution is 2.26. The van der Waals surface area contributed by atoms with Gasteiger partial charge in [-0.3, -0.25) is 4.68 Å². The van der Waals surface area contributed by atoms with Crippen LogP contribution in [0.4, 0.5) is 5.69 Å². The Kier molecular flexibility index (Phi) is 4.14. The van der Waals surface area contributed by atoms with E-state index in [0.29, 0.717) is 18.0 Å². The minimum atomic E-state index is 0.442. The number of ether oxygens (including phenoxy) is 1. The van der Waals surface area contributed by atoms with Crippen LogP contribution in [0.25, 0.3) is 0 Å². The first kappa shape index (κ1) is 13.9. The van der Waals surface area contributed by atoms with Crippen molar-refractivity contribution in [3.05, 3.63) is 39.6 Å². The SMILES string of the molecule is CCc1nn(C)c(COc2ccc(C)cc2N)c1Br. The van der Waals surface area contributed by atoms with Crippen LogP contribution < -0.4 is 10.5 Å². The smallest absolute Gasteiger partial charge is 0.142 e. The molecule has 1 heterocycles. The maximum atomic E-state index is 5.93. The van der Waals surface area contributed by atoms with Crippen molar-refractivity contribution in [2.24, 2.45) is 7.05 Å². The Morgan fingerprint density at radius 1 is 1.42 bits per heavy atom. The van der Waals surface area contributed by atoms with E-state index in [-0.39, 0.29) is 0 Å². The summed E-state index contributed by atoms with van der Waals surface area (Å²) in [5, 5.41) is 4.44. The van der Waals surface area contributed by atoms with Crippen molar-refractivity contribution in [3.63, 3.8) is 0 Å². The van der Waals surface area contributed by atoms with E-state index >= 15 is 0 Å². The van der Waals surface area contributed by atoms with Gasteiger partial charge in [-0.15, -0.1) is 0 Å². The highest BCUT2D eigenvalue weighted by Gasteiger charge is 2.13. The van der Waals surface area contributed by atoms with Gasteiger partial charge in [-0.25, -0.2) is 0 Å². The number of rotatable bonds is 4. The first-order valence-corrected chi connectivity index (χ1v) is 7.01. The fourth-order valence-corrected chi connectivity index (χ4v) is 2.65. The third-order valence-corrected chi connectivity index (χ3v) is 3.95. The molecule has 0 spiro atoms. The Bertz CT molecular complexity index is 593. The van der Waals surface area contributed by atoms with Gasteiger partial charge in [0.25, 0.3) is 0 Å². The molecule has 0 saturated heterocycles. The summed E-state index contributed by atoms with van der Waals surface area (Å²) in [7, 11) is 1.92. The molecule has 2 rings (SSSR count). The normalized spacial score (nSPS) is 10.7. The van der Waals surface area contributed by atoms with Crippen LogP contribution in [0.2, 0.25) is 0 Å². The lowest BCUT2D eigenvalue weighted by Gasteiger charge is -2.10. The fraction of sp³-hybridized carbons (Fsp3) is 0.357. The topological polar surface area (TPSA) is 53.1 Å². The first-order chi connectivity index (χ1) is 9.02. The molecule has 2 aromatic rings. The molecule has 5 heteroatoms. The summed E-state index contributed by atoms with van der Waals surface area (Å²) in [6.07, 6.45) is 0.890. The molecule has 0 bridgehead atoms. The lowest BCUT2D eigenvalue weighted by molar-refractivity contribution is 0.295. The third-order valence-electron chi connectivity index (χ3n) is 3.03. The molecule has 4 nitrogen and oxygen atoms in total. The van der Waals surface area contributed by atoms with Crippen molar-refractivity contribution in [1.82, 2.24) is 9.78 Å². The quantitative estimate of drug-likeness (QED) is 0.879. The number of aryl methyl sites for hydroxylation is 3. The van der Waals surface area contributed by atoms with Gasteiger partial charge in [0, 0.05) is 7.05 Å². The largest absolute Gasteiger partial charge is 0.485 e. The van der Waals surface area contributed by atoms with E-state index in [9.17, 15) is 0 Å². The molecule has 0 aliphatic carbocycles. The van der Waals surface area contributed by atoms with Gasteiger partial charge >= 0.3 is 0 Å². The zero-order valence-electron chi connectivity index (χ0n) is 11.4. The second-order valence-electron chi connectivity index (χ2n) is 4.51. The maximum absolute atomic E-state index is 5.93. The molecule has 19 heavy (non-hydrogen) atoms. The summed E-state index contributed by atoms with van der Waals surface area (Å²) in [6.45, 7) is 4.53. The lowest BCUT2D eigenvalue weighted by atomic mass is 10.2. The van der Waals surface area contributed by atoms with Gasteiger partial charge in [0.1, 0.15) is 12.4 Å². The summed E-state index contributed by atoms with van der Waals surface area (Å²) in [4.78, 5) is 0. The molecule has 102 valence electrons. The third kappa shape index (κ3) is 2.92. The average molecular weight is 324 g/mol. The van der Waals surface area contributed by atoms with Crippen LogP contribution in [0.5, 0.6) is 5.75 Å². The summed E-state index contributed by atoms with van der Waals surface area (Å²) in [5.41, 5.74) is 9.77. The zero-order chi connectivity index (χ0) is 14.0. The van der Waals surface area contributed by atoms with E-state index < -0.39 is 0 Å². The van der Waals surface area contributed by atoms with Crippen molar-refractivity contribution >= 4 is 21.6 Å². The van der Waals surface area contributed by atoms with Gasteiger partial charge in [-0.2, -0.15) is 5.10 Å². The van der Waals surface area contributed by atoms with Crippen LogP contribution in [0, 0.1) is 6.92 Å². The van der Waals surface area contributed by atoms with E-state index in [1.165, 1.54) is 0 Å². The van der Waals surface area contributed by atoms with Gasteiger partial charge in [0.05, 0.1) is 21.5 Å². The van der Waals surface area contributed by atoms with Crippen molar-refractivity contribution in [2.45, 2.75) is 26.9 Å². The molecule has 0 aliphatic rings. The molecule has 1 aromatic carbocycles. The highest BCUT2D eigenvalue weighted by atomic mass is 79.9. The predicted molar refractivity (Wildman–Crippen MR) is 80.2 cm³/mol. The molecule has 0 fully saturated rings. The minimum Gasteiger partial charge on any atom is -0.485 e. The minimum absolute atomic E-state index is 0.442. The van der Waals surface area contributed by atoms with Gasteiger partial charge in [0.15, 0.2) is 0 Å². The van der Waals surface area contributed by atoms with E-state index in [1.807, 2.05) is 36.9 Å². The van der Waals surface area contributed by atoms with Gasteiger partial charge in [-0.1, -0.05) is 13.0 Å². The van der Waals surface area contributed by atoms with E-state index in [0.717, 1.165) is 27.8 Å². The number of hydrogen-bond donors (Lipinski definition) is 1. The van der Waals surface area contributed by atoms with E-state index in [2.05, 4.69) is 28.0 Å². The van der Waals surface area contributed by atoms with Gasteiger partial charge in [-0.05, 0) is 47.0 Å². The number of halogens is 1. The Morgan fingerprint density at radius 3 is 2.74 bits per heavy atom. The zero-order valence-corrected chi connectivity index (χ0v) is 13.0. The van der Waals surface area contributed by atoms with E-state index in [1.54, 1.807) is 0 Å². The molecule has 0 saturated carbocycles. The molecule has 1 aromatic heterocycles. The number of hydrogen-bond acceptors (Lipinski definition) is 3. The van der Waals surface area contributed by atoms with Crippen LogP contribution in [-0.2, 0) is 20.1 Å². The van der Waals surface area contributed by atoms with Crippen molar-refractivity contribution < 1.29 is 4.74 Å². The van der Waals surface area contributed by atoms with E-state index in [4.69, 9.17) is 10.5 Å². The first-order valence-electron chi connectivity index (χ1n) is 6.22. The van der Waals surface area contributed by atoms with Crippen LogP contribution in [0.3, 0.4) is 0 Å². The van der Waals surface area contributed by atoms with Crippen molar-refractivity contribution in [3.8, 4) is 5.75 Å². The molecule has 0 aliphatic heterocycles. The molecular formula is C14H18BrN3O. The Hall–Kier alpha value is -1.49. The Labute approximate surface area is 121 Å². The molecule has 0 unspecified atom stereocenters. The predicted octanol–water partition coefficient (Wildman–Crippen LogP) is 3.21. The fourth-order valence-electron chi connectivity index (χ4n) is 1.92. The van der Waals surface area contributed by atoms with Crippen LogP contribution >= 0.6 is 15.9 Å². The van der Waals surface area contributed by atoms with Crippen molar-refractivity contribution in [2.75, 3.05) is 5.73 Å². The van der Waals surface area contributed by atoms with Crippen LogP contribution in [0.15, 0.2) is 22.7 Å². The number of nitrogens with two attached hydrogens (primary N) is 1. The number of benzene rings is 1. The highest BCUT2D eigenvalue weighted by molar-refractivity contribution is 9.10. The van der Waals surface area contributed by atoms with Gasteiger partial charge in [0.2, 0.25) is 0 Å². The second kappa shape index (κ2) is 5.65. The van der Waals surface area contributed by atoms with Crippen molar-refractivity contribution in [1.29, 1.82) is 0 Å². The summed E-state index contributed by atoms with van der Waals surface area (Å²) in [6, 6.07) is 5.79. The monoisotopic (exact) mass is 323 g/mol. The number of nitrogens with zero attached hydrogens (tertiary/aromatic N) is 2. The maximum Gasteiger partial charge on any atom is 0.142 e. The molecular weight excluding hydrogens is 306 g/mol. The number of nitrogen functional groups attached to an aromatic ring is 1. The van der Waals surface area contributed by atoms with Crippen LogP contribution in [-0.4, -0.2) is 9.78 Å². The van der Waals surface area contributed by atoms with Gasteiger partial charge < -0.3 is 10.5 Å². The standard InChI is InChI=1S/C14H18BrN3O/c1-4-11-14(15)12(18(3)17-11)8-19-13-6-5-9(2)7-10(13)16/h5-7H,4,8,16H2,1-3H3. The number of anilines is 1. The summed E-state index contributed by atoms with van der Waals surface area (Å²) < 4.78 is 8.64. The van der Waals surface area contributed by atoms with Crippen LogP contribution in [0.1, 0.15) is 23.9 Å². The summed E-state index contributed by atoms with van der Waals surface area (Å²) in [5.74, 6) is 0.705.